The molecule has 0 aliphatic carbocycles. The Morgan fingerprint density at radius 3 is 2.50 bits per heavy atom. The molecule has 4 rings (SSSR count). The number of unbranched alkanes of at least 4 members (excludes halogenated alkanes) is 1. The molecule has 0 spiro atoms. The van der Waals surface area contributed by atoms with Crippen LogP contribution in [0.4, 0.5) is 5.69 Å². The van der Waals surface area contributed by atoms with Gasteiger partial charge in [0.05, 0.1) is 13.2 Å². The molecule has 0 bridgehead atoms. The molecule has 2 atom stereocenters. The normalized spacial score (nSPS) is 16.4. The van der Waals surface area contributed by atoms with Crippen molar-refractivity contribution in [2.24, 2.45) is 0 Å². The van der Waals surface area contributed by atoms with Gasteiger partial charge < -0.3 is 15.0 Å². The van der Waals surface area contributed by atoms with E-state index in [0.29, 0.717) is 11.3 Å². The van der Waals surface area contributed by atoms with Crippen LogP contribution in [0.2, 0.25) is 19.6 Å². The number of carbonyl (C=O) groups is 2. The molecule has 1 aliphatic rings. The summed E-state index contributed by atoms with van der Waals surface area (Å²) in [6.07, 6.45) is 5.39. The molecule has 208 valence electrons. The summed E-state index contributed by atoms with van der Waals surface area (Å²) in [6.45, 7) is 10.5. The number of ether oxygens (including phenoxy) is 1. The molecule has 6 nitrogen and oxygen atoms in total. The number of methoxy groups -OCH3 is 1. The first-order chi connectivity index (χ1) is 19.1. The first-order valence-electron chi connectivity index (χ1n) is 14.0. The third kappa shape index (κ3) is 6.99. The molecule has 7 heteroatoms. The van der Waals surface area contributed by atoms with Gasteiger partial charge in [-0.2, -0.15) is 0 Å². The van der Waals surface area contributed by atoms with Crippen LogP contribution in [0.5, 0.6) is 5.75 Å². The van der Waals surface area contributed by atoms with Crippen molar-refractivity contribution in [3.05, 3.63) is 88.7 Å². The fraction of sp³-hybridized carbons (Fsp3) is 0.364. The van der Waals surface area contributed by atoms with Gasteiger partial charge in [-0.15, -0.1) is 5.54 Å². The van der Waals surface area contributed by atoms with Crippen LogP contribution in [0, 0.1) is 18.4 Å². The topological polar surface area (TPSA) is 71.5 Å². The largest absolute Gasteiger partial charge is 0.497 e. The van der Waals surface area contributed by atoms with Gasteiger partial charge in [-0.05, 0) is 78.8 Å². The van der Waals surface area contributed by atoms with Gasteiger partial charge in [-0.25, -0.2) is 0 Å². The molecule has 0 fully saturated rings. The molecule has 3 aromatic rings. The van der Waals surface area contributed by atoms with Gasteiger partial charge in [0.1, 0.15) is 13.8 Å². The zero-order chi connectivity index (χ0) is 28.9. The number of benzene rings is 2. The highest BCUT2D eigenvalue weighted by Gasteiger charge is 2.38. The Hall–Kier alpha value is -3.89. The monoisotopic (exact) mass is 553 g/mol. The van der Waals surface area contributed by atoms with Crippen LogP contribution in [0.3, 0.4) is 0 Å². The molecule has 1 aromatic heterocycles. The van der Waals surface area contributed by atoms with E-state index in [1.54, 1.807) is 25.4 Å². The first-order valence-corrected chi connectivity index (χ1v) is 17.5. The van der Waals surface area contributed by atoms with Gasteiger partial charge in [-0.1, -0.05) is 57.6 Å². The van der Waals surface area contributed by atoms with Crippen LogP contribution < -0.4 is 10.1 Å². The highest BCUT2D eigenvalue weighted by Crippen LogP contribution is 2.41. The number of fused-ring (bicyclic) bond motifs is 1. The molecule has 0 saturated carbocycles. The van der Waals surface area contributed by atoms with Crippen molar-refractivity contribution >= 4 is 25.6 Å². The Bertz CT molecular complexity index is 1430. The van der Waals surface area contributed by atoms with E-state index in [9.17, 15) is 9.59 Å². The minimum absolute atomic E-state index is 0.0299. The highest BCUT2D eigenvalue weighted by molar-refractivity contribution is 6.84. The number of amides is 2. The number of aromatic nitrogens is 1. The molecular formula is C33H39N3O3Si. The standard InChI is InChI=1S/C33H39N3O3Si/c1-7-8-9-28-21-26-22-29(39-3)14-15-30(26)32(36(28)31(37)17-19-40(4,5)6)24-10-12-27(13-11-24)35-33(38)25-16-18-34-23(2)20-25/h10-16,18,20,22,28,32H,7-9,21H2,1-6H3,(H,35,38)/t28-,32-/m0/s1. The lowest BCUT2D eigenvalue weighted by molar-refractivity contribution is -0.130. The first kappa shape index (κ1) is 29.1. The third-order valence-electron chi connectivity index (χ3n) is 7.08. The van der Waals surface area contributed by atoms with Crippen LogP contribution in [-0.2, 0) is 11.2 Å². The van der Waals surface area contributed by atoms with E-state index < -0.39 is 8.07 Å². The quantitative estimate of drug-likeness (QED) is 0.266. The Balaban J connectivity index is 1.73. The number of hydrogen-bond acceptors (Lipinski definition) is 4. The van der Waals surface area contributed by atoms with Crippen molar-refractivity contribution in [3.63, 3.8) is 0 Å². The maximum absolute atomic E-state index is 13.8. The minimum atomic E-state index is -1.74. The van der Waals surface area contributed by atoms with Crippen molar-refractivity contribution in [3.8, 4) is 17.2 Å². The van der Waals surface area contributed by atoms with E-state index in [-0.39, 0.29) is 23.9 Å². The molecule has 0 unspecified atom stereocenters. The summed E-state index contributed by atoms with van der Waals surface area (Å²) in [7, 11) is -0.0612. The Morgan fingerprint density at radius 2 is 1.85 bits per heavy atom. The Kier molecular flexibility index (Phi) is 9.11. The van der Waals surface area contributed by atoms with Crippen LogP contribution in [0.1, 0.15) is 65.0 Å². The van der Waals surface area contributed by atoms with E-state index in [1.165, 1.54) is 5.56 Å². The summed E-state index contributed by atoms with van der Waals surface area (Å²) in [6, 6.07) is 17.1. The molecule has 2 aromatic carbocycles. The van der Waals surface area contributed by atoms with E-state index in [0.717, 1.165) is 48.3 Å². The maximum atomic E-state index is 13.8. The van der Waals surface area contributed by atoms with E-state index in [2.05, 4.69) is 60.5 Å². The van der Waals surface area contributed by atoms with Gasteiger partial charge in [0.15, 0.2) is 0 Å². The van der Waals surface area contributed by atoms with Crippen molar-refractivity contribution in [1.29, 1.82) is 0 Å². The number of pyridine rings is 1. The lowest BCUT2D eigenvalue weighted by Crippen LogP contribution is -2.47. The van der Waals surface area contributed by atoms with Crippen LogP contribution in [0.15, 0.2) is 60.8 Å². The molecule has 40 heavy (non-hydrogen) atoms. The molecule has 1 aliphatic heterocycles. The molecule has 2 amide bonds. The molecule has 2 heterocycles. The highest BCUT2D eigenvalue weighted by atomic mass is 28.3. The summed E-state index contributed by atoms with van der Waals surface area (Å²) in [5.41, 5.74) is 8.58. The summed E-state index contributed by atoms with van der Waals surface area (Å²) in [5.74, 6) is 3.53. The van der Waals surface area contributed by atoms with E-state index >= 15 is 0 Å². The van der Waals surface area contributed by atoms with Crippen molar-refractivity contribution in [1.82, 2.24) is 9.88 Å². The SMILES string of the molecule is CCCC[C@H]1Cc2cc(OC)ccc2[C@H](c2ccc(NC(=O)c3ccnc(C)c3)cc2)N1C(=O)C#C[Si](C)(C)C. The third-order valence-corrected chi connectivity index (χ3v) is 7.96. The maximum Gasteiger partial charge on any atom is 0.298 e. The van der Waals surface area contributed by atoms with Gasteiger partial charge >= 0.3 is 0 Å². The number of nitrogens with one attached hydrogen (secondary N) is 1. The fourth-order valence-electron chi connectivity index (χ4n) is 5.11. The second-order valence-corrected chi connectivity index (χ2v) is 16.2. The number of anilines is 1. The van der Waals surface area contributed by atoms with Gasteiger partial charge in [0.25, 0.3) is 11.8 Å². The number of rotatable bonds is 7. The Labute approximate surface area is 239 Å². The van der Waals surface area contributed by atoms with E-state index in [1.807, 2.05) is 42.2 Å². The second-order valence-electron chi connectivity index (χ2n) is 11.4. The number of carbonyl (C=O) groups excluding carboxylic acids is 2. The Morgan fingerprint density at radius 1 is 1.10 bits per heavy atom. The number of aryl methyl sites for hydroxylation is 1. The predicted octanol–water partition coefficient (Wildman–Crippen LogP) is 6.56. The molecule has 0 radical (unpaired) electrons. The molecular weight excluding hydrogens is 514 g/mol. The zero-order valence-electron chi connectivity index (χ0n) is 24.4. The van der Waals surface area contributed by atoms with Gasteiger partial charge in [0.2, 0.25) is 0 Å². The predicted molar refractivity (Wildman–Crippen MR) is 163 cm³/mol. The van der Waals surface area contributed by atoms with Crippen molar-refractivity contribution in [2.75, 3.05) is 12.4 Å². The summed E-state index contributed by atoms with van der Waals surface area (Å²) in [5, 5.41) is 2.98. The van der Waals surface area contributed by atoms with Crippen molar-refractivity contribution in [2.45, 2.75) is 71.3 Å². The fourth-order valence-corrected chi connectivity index (χ4v) is 5.60. The average molecular weight is 554 g/mol. The summed E-state index contributed by atoms with van der Waals surface area (Å²) in [4.78, 5) is 32.8. The van der Waals surface area contributed by atoms with E-state index in [4.69, 9.17) is 4.74 Å². The lowest BCUT2D eigenvalue weighted by Gasteiger charge is -2.43. The lowest BCUT2D eigenvalue weighted by atomic mass is 9.83. The number of nitrogens with zero attached hydrogens (tertiary/aromatic N) is 2. The second kappa shape index (κ2) is 12.5. The van der Waals surface area contributed by atoms with Crippen LogP contribution in [0.25, 0.3) is 0 Å². The average Bonchev–Trinajstić information content (AvgIpc) is 2.93. The minimum Gasteiger partial charge on any atom is -0.497 e. The van der Waals surface area contributed by atoms with Crippen LogP contribution >= 0.6 is 0 Å². The van der Waals surface area contributed by atoms with Crippen molar-refractivity contribution < 1.29 is 14.3 Å². The smallest absolute Gasteiger partial charge is 0.298 e. The number of hydrogen-bond donors (Lipinski definition) is 1. The summed E-state index contributed by atoms with van der Waals surface area (Å²) >= 11 is 0. The van der Waals surface area contributed by atoms with Gasteiger partial charge in [0, 0.05) is 29.2 Å². The summed E-state index contributed by atoms with van der Waals surface area (Å²) < 4.78 is 5.54. The zero-order valence-corrected chi connectivity index (χ0v) is 25.4. The molecule has 0 saturated heterocycles. The molecule has 1 N–H and O–H groups in total. The van der Waals surface area contributed by atoms with Gasteiger partial charge in [-0.3, -0.25) is 14.6 Å². The van der Waals surface area contributed by atoms with Crippen LogP contribution in [-0.4, -0.2) is 42.9 Å².